The van der Waals surface area contributed by atoms with Gasteiger partial charge in [0.2, 0.25) is 5.91 Å². The van der Waals surface area contributed by atoms with Crippen molar-refractivity contribution < 1.29 is 9.90 Å². The highest BCUT2D eigenvalue weighted by atomic mass is 16.3. The smallest absolute Gasteiger partial charge is 0.223 e. The van der Waals surface area contributed by atoms with E-state index >= 15 is 0 Å². The number of β-amino-alcohol motifs (C(OH)–C–C–N with tert-alkyl or cyclic N) is 1. The Balaban J connectivity index is 1.51. The van der Waals surface area contributed by atoms with Gasteiger partial charge < -0.3 is 14.9 Å². The SMILES string of the molecule is Cn1cc(CCC(=O)N2CCC[C@](O)(CN3CCCC3)C2)cn1. The zero-order valence-electron chi connectivity index (χ0n) is 14.1. The van der Waals surface area contributed by atoms with Crippen LogP contribution in [-0.2, 0) is 18.3 Å². The van der Waals surface area contributed by atoms with Crippen LogP contribution in [-0.4, -0.2) is 68.9 Å². The largest absolute Gasteiger partial charge is 0.387 e. The molecule has 6 heteroatoms. The lowest BCUT2D eigenvalue weighted by atomic mass is 9.92. The second-order valence-corrected chi connectivity index (χ2v) is 7.15. The van der Waals surface area contributed by atoms with Gasteiger partial charge in [-0.2, -0.15) is 5.10 Å². The number of hydrogen-bond acceptors (Lipinski definition) is 4. The zero-order valence-corrected chi connectivity index (χ0v) is 14.1. The van der Waals surface area contributed by atoms with Gasteiger partial charge >= 0.3 is 0 Å². The quantitative estimate of drug-likeness (QED) is 0.872. The number of aliphatic hydroxyl groups is 1. The second-order valence-electron chi connectivity index (χ2n) is 7.15. The molecule has 1 aromatic rings. The van der Waals surface area contributed by atoms with Crippen molar-refractivity contribution in [3.8, 4) is 0 Å². The molecule has 3 rings (SSSR count). The summed E-state index contributed by atoms with van der Waals surface area (Å²) in [4.78, 5) is 16.7. The van der Waals surface area contributed by atoms with Crippen LogP contribution in [0.5, 0.6) is 0 Å². The van der Waals surface area contributed by atoms with Gasteiger partial charge in [-0.1, -0.05) is 0 Å². The van der Waals surface area contributed by atoms with Gasteiger partial charge in [0.1, 0.15) is 0 Å². The minimum Gasteiger partial charge on any atom is -0.387 e. The summed E-state index contributed by atoms with van der Waals surface area (Å²) in [6, 6.07) is 0. The standard InChI is InChI=1S/C17H28N4O2/c1-19-12-15(11-18-19)5-6-16(22)21-10-4-7-17(23,14-21)13-20-8-2-3-9-20/h11-12,23H,2-10,13-14H2,1H3/t17-/m0/s1. The molecule has 3 heterocycles. The van der Waals surface area contributed by atoms with Crippen molar-refractivity contribution >= 4 is 5.91 Å². The van der Waals surface area contributed by atoms with Crippen LogP contribution in [0.2, 0.25) is 0 Å². The maximum atomic E-state index is 12.5. The molecule has 0 spiro atoms. The lowest BCUT2D eigenvalue weighted by Gasteiger charge is -2.41. The van der Waals surface area contributed by atoms with Gasteiger partial charge in [0.05, 0.1) is 18.3 Å². The summed E-state index contributed by atoms with van der Waals surface area (Å²) in [5.74, 6) is 0.147. The summed E-state index contributed by atoms with van der Waals surface area (Å²) in [5.41, 5.74) is 0.359. The Morgan fingerprint density at radius 3 is 2.78 bits per heavy atom. The van der Waals surface area contributed by atoms with Crippen LogP contribution in [0.1, 0.15) is 37.7 Å². The Morgan fingerprint density at radius 1 is 1.30 bits per heavy atom. The molecule has 1 atom stereocenters. The van der Waals surface area contributed by atoms with Crippen molar-refractivity contribution in [1.82, 2.24) is 19.6 Å². The van der Waals surface area contributed by atoms with Crippen LogP contribution in [0.25, 0.3) is 0 Å². The molecule has 23 heavy (non-hydrogen) atoms. The first-order valence-corrected chi connectivity index (χ1v) is 8.74. The van der Waals surface area contributed by atoms with Crippen LogP contribution in [0.4, 0.5) is 0 Å². The molecule has 6 nitrogen and oxygen atoms in total. The van der Waals surface area contributed by atoms with Crippen molar-refractivity contribution in [3.05, 3.63) is 18.0 Å². The van der Waals surface area contributed by atoms with Crippen molar-refractivity contribution in [2.24, 2.45) is 7.05 Å². The predicted molar refractivity (Wildman–Crippen MR) is 88.0 cm³/mol. The lowest BCUT2D eigenvalue weighted by molar-refractivity contribution is -0.139. The van der Waals surface area contributed by atoms with Gasteiger partial charge in [-0.25, -0.2) is 0 Å². The van der Waals surface area contributed by atoms with E-state index in [0.29, 0.717) is 25.9 Å². The molecular weight excluding hydrogens is 292 g/mol. The fourth-order valence-corrected chi connectivity index (χ4v) is 3.82. The van der Waals surface area contributed by atoms with E-state index in [1.165, 1.54) is 12.8 Å². The van der Waals surface area contributed by atoms with Crippen molar-refractivity contribution in [1.29, 1.82) is 0 Å². The highest BCUT2D eigenvalue weighted by molar-refractivity contribution is 5.76. The van der Waals surface area contributed by atoms with Crippen LogP contribution in [0.15, 0.2) is 12.4 Å². The molecule has 0 unspecified atom stereocenters. The second kappa shape index (κ2) is 7.01. The van der Waals surface area contributed by atoms with E-state index in [4.69, 9.17) is 0 Å². The third kappa shape index (κ3) is 4.32. The van der Waals surface area contributed by atoms with Gasteiger partial charge in [-0.15, -0.1) is 0 Å². The topological polar surface area (TPSA) is 61.6 Å². The highest BCUT2D eigenvalue weighted by Crippen LogP contribution is 2.24. The average molecular weight is 320 g/mol. The number of hydrogen-bond donors (Lipinski definition) is 1. The van der Waals surface area contributed by atoms with Crippen molar-refractivity contribution in [2.75, 3.05) is 32.7 Å². The maximum absolute atomic E-state index is 12.5. The number of piperidine rings is 1. The predicted octanol–water partition coefficient (Wildman–Crippen LogP) is 0.802. The third-order valence-corrected chi connectivity index (χ3v) is 5.01. The van der Waals surface area contributed by atoms with Gasteiger partial charge in [-0.3, -0.25) is 9.48 Å². The third-order valence-electron chi connectivity index (χ3n) is 5.01. The van der Waals surface area contributed by atoms with E-state index in [-0.39, 0.29) is 5.91 Å². The normalized spacial score (nSPS) is 25.9. The number of aryl methyl sites for hydroxylation is 2. The monoisotopic (exact) mass is 320 g/mol. The first kappa shape index (κ1) is 16.5. The van der Waals surface area contributed by atoms with Crippen LogP contribution in [0.3, 0.4) is 0 Å². The van der Waals surface area contributed by atoms with Crippen LogP contribution < -0.4 is 0 Å². The zero-order chi connectivity index (χ0) is 16.3. The molecule has 0 aliphatic carbocycles. The number of likely N-dealkylation sites (tertiary alicyclic amines) is 2. The Morgan fingerprint density at radius 2 is 2.09 bits per heavy atom. The van der Waals surface area contributed by atoms with Crippen LogP contribution in [0, 0.1) is 0 Å². The summed E-state index contributed by atoms with van der Waals surface area (Å²) in [5, 5.41) is 15.0. The van der Waals surface area contributed by atoms with Crippen molar-refractivity contribution in [3.63, 3.8) is 0 Å². The number of aromatic nitrogens is 2. The van der Waals surface area contributed by atoms with E-state index in [9.17, 15) is 9.90 Å². The Labute approximate surface area is 138 Å². The fourth-order valence-electron chi connectivity index (χ4n) is 3.82. The molecule has 1 amide bonds. The molecule has 0 aromatic carbocycles. The van der Waals surface area contributed by atoms with Gasteiger partial charge in [0, 0.05) is 32.8 Å². The molecule has 128 valence electrons. The van der Waals surface area contributed by atoms with E-state index in [0.717, 1.165) is 38.0 Å². The first-order chi connectivity index (χ1) is 11.0. The number of nitrogens with zero attached hydrogens (tertiary/aromatic N) is 4. The molecule has 2 aliphatic heterocycles. The maximum Gasteiger partial charge on any atom is 0.223 e. The summed E-state index contributed by atoms with van der Waals surface area (Å²) < 4.78 is 1.76. The van der Waals surface area contributed by atoms with Crippen LogP contribution >= 0.6 is 0 Å². The minimum absolute atomic E-state index is 0.147. The molecular formula is C17H28N4O2. The molecule has 2 saturated heterocycles. The minimum atomic E-state index is -0.730. The Hall–Kier alpha value is -1.40. The fraction of sp³-hybridized carbons (Fsp3) is 0.765. The molecule has 2 fully saturated rings. The van der Waals surface area contributed by atoms with Gasteiger partial charge in [0.15, 0.2) is 0 Å². The average Bonchev–Trinajstić information content (AvgIpc) is 3.16. The van der Waals surface area contributed by atoms with E-state index in [1.807, 2.05) is 24.3 Å². The summed E-state index contributed by atoms with van der Waals surface area (Å²) in [6.45, 7) is 4.12. The molecule has 0 radical (unpaired) electrons. The number of carbonyl (C=O) groups is 1. The van der Waals surface area contributed by atoms with E-state index in [1.54, 1.807) is 4.68 Å². The molecule has 1 aromatic heterocycles. The Bertz CT molecular complexity index is 538. The number of carbonyl (C=O) groups excluding carboxylic acids is 1. The van der Waals surface area contributed by atoms with E-state index < -0.39 is 5.60 Å². The lowest BCUT2D eigenvalue weighted by Crippen LogP contribution is -2.55. The molecule has 2 aliphatic rings. The summed E-state index contributed by atoms with van der Waals surface area (Å²) in [7, 11) is 1.88. The highest BCUT2D eigenvalue weighted by Gasteiger charge is 2.36. The molecule has 0 bridgehead atoms. The van der Waals surface area contributed by atoms with Gasteiger partial charge in [0.25, 0.3) is 0 Å². The summed E-state index contributed by atoms with van der Waals surface area (Å²) in [6.07, 6.45) is 9.12. The Kier molecular flexibility index (Phi) is 5.02. The molecule has 1 N–H and O–H groups in total. The first-order valence-electron chi connectivity index (χ1n) is 8.74. The van der Waals surface area contributed by atoms with Crippen molar-refractivity contribution in [2.45, 2.75) is 44.1 Å². The number of rotatable bonds is 5. The van der Waals surface area contributed by atoms with Gasteiger partial charge in [-0.05, 0) is 50.8 Å². The van der Waals surface area contributed by atoms with E-state index in [2.05, 4.69) is 10.00 Å². The molecule has 0 saturated carbocycles. The summed E-state index contributed by atoms with van der Waals surface area (Å²) >= 11 is 0. The number of amides is 1.